The maximum absolute atomic E-state index is 10.4. The van der Waals surface area contributed by atoms with Crippen LogP contribution in [0.5, 0.6) is 0 Å². The van der Waals surface area contributed by atoms with Crippen LogP contribution < -0.4 is 5.73 Å². The van der Waals surface area contributed by atoms with Gasteiger partial charge in [-0.25, -0.2) is 0 Å². The van der Waals surface area contributed by atoms with E-state index in [9.17, 15) is 4.79 Å². The predicted octanol–water partition coefficient (Wildman–Crippen LogP) is -1.25. The largest absolute Gasteiger partial charge is 0.480 e. The summed E-state index contributed by atoms with van der Waals surface area (Å²) in [5, 5.41) is 8.50. The molecule has 0 unspecified atom stereocenters. The van der Waals surface area contributed by atoms with Crippen LogP contribution >= 0.6 is 0 Å². The fourth-order valence-electron chi connectivity index (χ4n) is 1.30. The zero-order chi connectivity index (χ0) is 11.1. The Morgan fingerprint density at radius 2 is 2.20 bits per heavy atom. The first kappa shape index (κ1) is 12.4. The van der Waals surface area contributed by atoms with Gasteiger partial charge in [0.05, 0.1) is 26.4 Å². The third kappa shape index (κ3) is 5.08. The molecule has 1 atom stereocenters. The number of hydrogen-bond acceptors (Lipinski definition) is 5. The zero-order valence-electron chi connectivity index (χ0n) is 8.72. The minimum absolute atomic E-state index is 0.0691. The molecule has 1 rings (SSSR count). The first-order valence-corrected chi connectivity index (χ1v) is 5.06. The van der Waals surface area contributed by atoms with Gasteiger partial charge in [-0.3, -0.25) is 9.69 Å². The van der Waals surface area contributed by atoms with E-state index in [4.69, 9.17) is 20.3 Å². The molecule has 15 heavy (non-hydrogen) atoms. The number of carboxylic acids is 1. The highest BCUT2D eigenvalue weighted by atomic mass is 16.5. The molecule has 0 spiro atoms. The highest BCUT2D eigenvalue weighted by Gasteiger charge is 2.12. The van der Waals surface area contributed by atoms with Gasteiger partial charge < -0.3 is 20.3 Å². The van der Waals surface area contributed by atoms with E-state index in [-0.39, 0.29) is 6.61 Å². The average molecular weight is 218 g/mol. The Balaban J connectivity index is 1.98. The monoisotopic (exact) mass is 218 g/mol. The molecule has 88 valence electrons. The van der Waals surface area contributed by atoms with Crippen molar-refractivity contribution in [2.45, 2.75) is 6.04 Å². The first-order chi connectivity index (χ1) is 7.20. The summed E-state index contributed by atoms with van der Waals surface area (Å²) in [6.45, 7) is 4.72. The standard InChI is InChI=1S/C9H18N2O4/c10-8(9(12)13)7-15-6-3-11-1-4-14-5-2-11/h8H,1-7,10H2,(H,12,13)/t8-/m0/s1. The molecule has 6 nitrogen and oxygen atoms in total. The number of morpholine rings is 1. The zero-order valence-corrected chi connectivity index (χ0v) is 8.72. The van der Waals surface area contributed by atoms with Crippen molar-refractivity contribution in [2.75, 3.05) is 46.1 Å². The Kier molecular flexibility index (Phi) is 5.56. The second-order valence-corrected chi connectivity index (χ2v) is 3.47. The molecule has 1 aliphatic rings. The van der Waals surface area contributed by atoms with Gasteiger partial charge in [-0.2, -0.15) is 0 Å². The lowest BCUT2D eigenvalue weighted by molar-refractivity contribution is -0.140. The van der Waals surface area contributed by atoms with Crippen LogP contribution in [0.15, 0.2) is 0 Å². The van der Waals surface area contributed by atoms with Crippen LogP contribution in [0.4, 0.5) is 0 Å². The molecular formula is C9H18N2O4. The number of rotatable bonds is 6. The van der Waals surface area contributed by atoms with Gasteiger partial charge in [-0.15, -0.1) is 0 Å². The average Bonchev–Trinajstić information content (AvgIpc) is 2.25. The van der Waals surface area contributed by atoms with E-state index in [0.29, 0.717) is 6.61 Å². The van der Waals surface area contributed by atoms with E-state index in [1.165, 1.54) is 0 Å². The number of carboxylic acid groups (broad SMARTS) is 1. The molecule has 1 fully saturated rings. The van der Waals surface area contributed by atoms with E-state index in [1.807, 2.05) is 0 Å². The molecule has 1 heterocycles. The van der Waals surface area contributed by atoms with Gasteiger partial charge in [0.1, 0.15) is 6.04 Å². The van der Waals surface area contributed by atoms with Crippen molar-refractivity contribution in [3.05, 3.63) is 0 Å². The molecule has 0 aliphatic carbocycles. The number of ether oxygens (including phenoxy) is 2. The molecule has 1 aliphatic heterocycles. The third-order valence-corrected chi connectivity index (χ3v) is 2.27. The normalized spacial score (nSPS) is 20.1. The summed E-state index contributed by atoms with van der Waals surface area (Å²) >= 11 is 0. The molecular weight excluding hydrogens is 200 g/mol. The minimum atomic E-state index is -1.03. The summed E-state index contributed by atoms with van der Waals surface area (Å²) in [7, 11) is 0. The van der Waals surface area contributed by atoms with Gasteiger partial charge in [-0.1, -0.05) is 0 Å². The molecule has 6 heteroatoms. The molecule has 3 N–H and O–H groups in total. The van der Waals surface area contributed by atoms with Crippen molar-refractivity contribution in [2.24, 2.45) is 5.73 Å². The maximum Gasteiger partial charge on any atom is 0.322 e. The Morgan fingerprint density at radius 3 is 2.80 bits per heavy atom. The van der Waals surface area contributed by atoms with E-state index in [0.717, 1.165) is 32.8 Å². The van der Waals surface area contributed by atoms with Crippen molar-refractivity contribution in [3.8, 4) is 0 Å². The van der Waals surface area contributed by atoms with E-state index < -0.39 is 12.0 Å². The number of nitrogens with zero attached hydrogens (tertiary/aromatic N) is 1. The van der Waals surface area contributed by atoms with Crippen LogP contribution in [0.1, 0.15) is 0 Å². The van der Waals surface area contributed by atoms with Crippen LogP contribution in [0.2, 0.25) is 0 Å². The highest BCUT2D eigenvalue weighted by Crippen LogP contribution is 1.95. The van der Waals surface area contributed by atoms with Crippen molar-refractivity contribution in [1.29, 1.82) is 0 Å². The van der Waals surface area contributed by atoms with Crippen LogP contribution in [-0.2, 0) is 14.3 Å². The number of nitrogens with two attached hydrogens (primary N) is 1. The molecule has 0 radical (unpaired) electrons. The van der Waals surface area contributed by atoms with Crippen molar-refractivity contribution in [3.63, 3.8) is 0 Å². The number of hydrogen-bond donors (Lipinski definition) is 2. The SMILES string of the molecule is N[C@@H](COCCN1CCOCC1)C(=O)O. The van der Waals surface area contributed by atoms with Crippen molar-refractivity contribution >= 4 is 5.97 Å². The molecule has 0 bridgehead atoms. The third-order valence-electron chi connectivity index (χ3n) is 2.27. The smallest absolute Gasteiger partial charge is 0.322 e. The summed E-state index contributed by atoms with van der Waals surface area (Å²) in [5.74, 6) is -1.03. The molecule has 1 saturated heterocycles. The number of aliphatic carboxylic acids is 1. The summed E-state index contributed by atoms with van der Waals surface area (Å²) in [6.07, 6.45) is 0. The topological polar surface area (TPSA) is 85.0 Å². The molecule has 0 aromatic heterocycles. The van der Waals surface area contributed by atoms with Gasteiger partial charge in [0, 0.05) is 19.6 Å². The first-order valence-electron chi connectivity index (χ1n) is 5.06. The summed E-state index contributed by atoms with van der Waals surface area (Å²) in [5.41, 5.74) is 5.28. The quantitative estimate of drug-likeness (QED) is 0.542. The summed E-state index contributed by atoms with van der Waals surface area (Å²) in [4.78, 5) is 12.6. The van der Waals surface area contributed by atoms with Crippen LogP contribution in [0.25, 0.3) is 0 Å². The van der Waals surface area contributed by atoms with E-state index in [2.05, 4.69) is 4.90 Å². The van der Waals surface area contributed by atoms with Crippen molar-refractivity contribution < 1.29 is 19.4 Å². The summed E-state index contributed by atoms with van der Waals surface area (Å²) in [6, 6.07) is -0.922. The van der Waals surface area contributed by atoms with Gasteiger partial charge in [0.2, 0.25) is 0 Å². The summed E-state index contributed by atoms with van der Waals surface area (Å²) < 4.78 is 10.4. The van der Waals surface area contributed by atoms with Gasteiger partial charge in [0.15, 0.2) is 0 Å². The van der Waals surface area contributed by atoms with Crippen LogP contribution in [0, 0.1) is 0 Å². The minimum Gasteiger partial charge on any atom is -0.480 e. The lowest BCUT2D eigenvalue weighted by Crippen LogP contribution is -2.39. The van der Waals surface area contributed by atoms with Gasteiger partial charge in [-0.05, 0) is 0 Å². The van der Waals surface area contributed by atoms with Crippen LogP contribution in [0.3, 0.4) is 0 Å². The maximum atomic E-state index is 10.4. The van der Waals surface area contributed by atoms with Gasteiger partial charge >= 0.3 is 5.97 Å². The van der Waals surface area contributed by atoms with E-state index in [1.54, 1.807) is 0 Å². The fraction of sp³-hybridized carbons (Fsp3) is 0.889. The van der Waals surface area contributed by atoms with Gasteiger partial charge in [0.25, 0.3) is 0 Å². The van der Waals surface area contributed by atoms with Crippen molar-refractivity contribution in [1.82, 2.24) is 4.90 Å². The predicted molar refractivity (Wildman–Crippen MR) is 53.7 cm³/mol. The molecule has 0 aromatic carbocycles. The number of carbonyl (C=O) groups is 1. The molecule has 0 saturated carbocycles. The Hall–Kier alpha value is -0.690. The molecule has 0 amide bonds. The van der Waals surface area contributed by atoms with Crippen LogP contribution in [-0.4, -0.2) is 68.1 Å². The molecule has 0 aromatic rings. The lowest BCUT2D eigenvalue weighted by atomic mass is 10.3. The fourth-order valence-corrected chi connectivity index (χ4v) is 1.30. The Morgan fingerprint density at radius 1 is 1.53 bits per heavy atom. The Labute approximate surface area is 88.9 Å². The van der Waals surface area contributed by atoms with E-state index >= 15 is 0 Å². The lowest BCUT2D eigenvalue weighted by Gasteiger charge is -2.26. The second kappa shape index (κ2) is 6.73. The Bertz CT molecular complexity index is 195. The highest BCUT2D eigenvalue weighted by molar-refractivity contribution is 5.73. The second-order valence-electron chi connectivity index (χ2n) is 3.47.